The molecule has 5 aromatic rings. The Kier molecular flexibility index (Phi) is 3.88. The number of rotatable bonds is 4. The van der Waals surface area contributed by atoms with E-state index in [1.54, 1.807) is 17.7 Å². The molecule has 1 N–H and O–H groups in total. The van der Waals surface area contributed by atoms with Crippen LogP contribution in [0.2, 0.25) is 0 Å². The molecule has 5 nitrogen and oxygen atoms in total. The number of benzene rings is 2. The van der Waals surface area contributed by atoms with Crippen LogP contribution in [0.15, 0.2) is 60.9 Å². The van der Waals surface area contributed by atoms with Gasteiger partial charge in [0.05, 0.1) is 10.2 Å². The fraction of sp³-hybridized carbons (Fsp3) is 0.0909. The number of thiophene rings is 2. The highest BCUT2D eigenvalue weighted by Gasteiger charge is 2.15. The van der Waals surface area contributed by atoms with Gasteiger partial charge in [-0.1, -0.05) is 24.3 Å². The smallest absolute Gasteiger partial charge is 0.231 e. The summed E-state index contributed by atoms with van der Waals surface area (Å²) in [5.41, 5.74) is 2.08. The van der Waals surface area contributed by atoms with Crippen molar-refractivity contribution in [1.82, 2.24) is 9.97 Å². The lowest BCUT2D eigenvalue weighted by molar-refractivity contribution is 0.174. The lowest BCUT2D eigenvalue weighted by Gasteiger charge is -2.07. The number of fused-ring (bicyclic) bond motifs is 3. The second-order valence-electron chi connectivity index (χ2n) is 6.74. The molecule has 0 saturated carbocycles. The molecule has 6 rings (SSSR count). The first kappa shape index (κ1) is 16.8. The van der Waals surface area contributed by atoms with Crippen molar-refractivity contribution in [2.45, 2.75) is 6.54 Å². The topological polar surface area (TPSA) is 56.3 Å². The average Bonchev–Trinajstić information content (AvgIpc) is 3.48. The molecular formula is C22H15N3O2S2. The summed E-state index contributed by atoms with van der Waals surface area (Å²) in [5.74, 6) is 2.44. The van der Waals surface area contributed by atoms with E-state index >= 15 is 0 Å². The summed E-state index contributed by atoms with van der Waals surface area (Å²) in [4.78, 5) is 11.4. The quantitative estimate of drug-likeness (QED) is 0.394. The van der Waals surface area contributed by atoms with Gasteiger partial charge in [-0.25, -0.2) is 9.97 Å². The van der Waals surface area contributed by atoms with Gasteiger partial charge in [-0.3, -0.25) is 0 Å². The maximum atomic E-state index is 5.47. The van der Waals surface area contributed by atoms with E-state index < -0.39 is 0 Å². The molecule has 0 atom stereocenters. The summed E-state index contributed by atoms with van der Waals surface area (Å²) in [6, 6.07) is 18.9. The third-order valence-corrected chi connectivity index (χ3v) is 7.32. The number of aromatic nitrogens is 2. The largest absolute Gasteiger partial charge is 0.454 e. The van der Waals surface area contributed by atoms with Crippen molar-refractivity contribution in [3.8, 4) is 21.3 Å². The zero-order valence-electron chi connectivity index (χ0n) is 15.2. The molecule has 29 heavy (non-hydrogen) atoms. The summed E-state index contributed by atoms with van der Waals surface area (Å²) >= 11 is 3.53. The Labute approximate surface area is 174 Å². The second-order valence-corrected chi connectivity index (χ2v) is 8.87. The van der Waals surface area contributed by atoms with Crippen LogP contribution in [0.25, 0.3) is 30.1 Å². The van der Waals surface area contributed by atoms with Gasteiger partial charge in [-0.05, 0) is 41.3 Å². The van der Waals surface area contributed by atoms with Crippen molar-refractivity contribution in [2.75, 3.05) is 12.1 Å². The molecule has 0 amide bonds. The summed E-state index contributed by atoms with van der Waals surface area (Å²) in [6.45, 7) is 0.938. The lowest BCUT2D eigenvalue weighted by Crippen LogP contribution is -2.01. The van der Waals surface area contributed by atoms with Gasteiger partial charge in [0.25, 0.3) is 0 Å². The zero-order valence-corrected chi connectivity index (χ0v) is 16.8. The Balaban J connectivity index is 1.31. The van der Waals surface area contributed by atoms with Crippen LogP contribution in [0.5, 0.6) is 11.5 Å². The van der Waals surface area contributed by atoms with Gasteiger partial charge >= 0.3 is 0 Å². The molecule has 0 saturated heterocycles. The summed E-state index contributed by atoms with van der Waals surface area (Å²) in [5, 5.41) is 4.73. The van der Waals surface area contributed by atoms with Gasteiger partial charge in [0.1, 0.15) is 12.1 Å². The fourth-order valence-electron chi connectivity index (χ4n) is 3.44. The molecule has 3 aromatic heterocycles. The van der Waals surface area contributed by atoms with E-state index in [2.05, 4.69) is 51.7 Å². The van der Waals surface area contributed by atoms with Crippen LogP contribution in [-0.4, -0.2) is 16.8 Å². The van der Waals surface area contributed by atoms with E-state index in [4.69, 9.17) is 9.47 Å². The Morgan fingerprint density at radius 3 is 2.76 bits per heavy atom. The Bertz CT molecular complexity index is 1330. The monoisotopic (exact) mass is 417 g/mol. The maximum Gasteiger partial charge on any atom is 0.231 e. The predicted octanol–water partition coefficient (Wildman–Crippen LogP) is 5.91. The second kappa shape index (κ2) is 6.72. The summed E-state index contributed by atoms with van der Waals surface area (Å²) in [7, 11) is 0. The van der Waals surface area contributed by atoms with E-state index in [1.165, 1.54) is 19.8 Å². The average molecular weight is 418 g/mol. The summed E-state index contributed by atoms with van der Waals surface area (Å²) in [6.07, 6.45) is 1.62. The zero-order chi connectivity index (χ0) is 19.2. The Morgan fingerprint density at radius 1 is 0.897 bits per heavy atom. The van der Waals surface area contributed by atoms with E-state index in [0.717, 1.165) is 33.1 Å². The molecule has 1 aliphatic heterocycles. The van der Waals surface area contributed by atoms with E-state index in [9.17, 15) is 0 Å². The van der Waals surface area contributed by atoms with Crippen LogP contribution in [0, 0.1) is 0 Å². The first-order chi connectivity index (χ1) is 14.3. The standard InChI is InChI=1S/C22H15N3O2S2/c1-2-4-18-14(3-1)8-19(28-18)20-9-15-21(29-20)22(25-11-24-15)23-10-13-5-6-16-17(7-13)27-12-26-16/h1-9,11H,10,12H2,(H,23,24,25). The lowest BCUT2D eigenvalue weighted by atomic mass is 10.2. The van der Waals surface area contributed by atoms with Crippen molar-refractivity contribution in [3.63, 3.8) is 0 Å². The third-order valence-electron chi connectivity index (χ3n) is 4.88. The first-order valence-electron chi connectivity index (χ1n) is 9.19. The molecule has 7 heteroatoms. The normalized spacial score (nSPS) is 12.7. The highest BCUT2D eigenvalue weighted by Crippen LogP contribution is 2.41. The highest BCUT2D eigenvalue weighted by molar-refractivity contribution is 7.28. The van der Waals surface area contributed by atoms with Gasteiger partial charge in [-0.15, -0.1) is 22.7 Å². The van der Waals surface area contributed by atoms with Crippen LogP contribution in [0.3, 0.4) is 0 Å². The van der Waals surface area contributed by atoms with Crippen LogP contribution in [0.1, 0.15) is 5.56 Å². The number of ether oxygens (including phenoxy) is 2. The molecule has 0 bridgehead atoms. The minimum atomic E-state index is 0.286. The fourth-order valence-corrected chi connectivity index (χ4v) is 5.65. The van der Waals surface area contributed by atoms with Crippen molar-refractivity contribution in [1.29, 1.82) is 0 Å². The Morgan fingerprint density at radius 2 is 1.79 bits per heavy atom. The van der Waals surface area contributed by atoms with Crippen molar-refractivity contribution < 1.29 is 9.47 Å². The van der Waals surface area contributed by atoms with Gasteiger partial charge < -0.3 is 14.8 Å². The van der Waals surface area contributed by atoms with E-state index in [-0.39, 0.29) is 6.79 Å². The SMILES string of the molecule is c1ccc2sc(-c3cc4ncnc(NCc5ccc6c(c5)OCO6)c4s3)cc2c1. The van der Waals surface area contributed by atoms with Gasteiger partial charge in [0.2, 0.25) is 6.79 Å². The third kappa shape index (κ3) is 2.99. The van der Waals surface area contributed by atoms with Gasteiger partial charge in [0.15, 0.2) is 11.5 Å². The number of hydrogen-bond donors (Lipinski definition) is 1. The minimum absolute atomic E-state index is 0.286. The Hall–Kier alpha value is -3.16. The van der Waals surface area contributed by atoms with Crippen molar-refractivity contribution in [3.05, 3.63) is 66.5 Å². The molecule has 0 radical (unpaired) electrons. The maximum absolute atomic E-state index is 5.47. The molecule has 0 spiro atoms. The predicted molar refractivity (Wildman–Crippen MR) is 118 cm³/mol. The summed E-state index contributed by atoms with van der Waals surface area (Å²) < 4.78 is 13.2. The molecule has 4 heterocycles. The van der Waals surface area contributed by atoms with Crippen LogP contribution >= 0.6 is 22.7 Å². The number of hydrogen-bond acceptors (Lipinski definition) is 7. The minimum Gasteiger partial charge on any atom is -0.454 e. The van der Waals surface area contributed by atoms with E-state index in [0.29, 0.717) is 6.54 Å². The van der Waals surface area contributed by atoms with Crippen molar-refractivity contribution in [2.24, 2.45) is 0 Å². The van der Waals surface area contributed by atoms with Crippen LogP contribution < -0.4 is 14.8 Å². The van der Waals surface area contributed by atoms with Crippen LogP contribution in [0.4, 0.5) is 5.82 Å². The molecule has 1 aliphatic rings. The molecule has 0 unspecified atom stereocenters. The molecule has 142 valence electrons. The molecule has 0 fully saturated rings. The van der Waals surface area contributed by atoms with E-state index in [1.807, 2.05) is 29.5 Å². The number of nitrogens with zero attached hydrogens (tertiary/aromatic N) is 2. The first-order valence-corrected chi connectivity index (χ1v) is 10.8. The molecule has 0 aliphatic carbocycles. The highest BCUT2D eigenvalue weighted by atomic mass is 32.1. The van der Waals surface area contributed by atoms with Gasteiger partial charge in [-0.2, -0.15) is 0 Å². The van der Waals surface area contributed by atoms with Gasteiger partial charge in [0, 0.05) is 21.0 Å². The van der Waals surface area contributed by atoms with Crippen molar-refractivity contribution >= 4 is 48.8 Å². The van der Waals surface area contributed by atoms with Crippen LogP contribution in [-0.2, 0) is 6.54 Å². The molecule has 2 aromatic carbocycles. The molecular weight excluding hydrogens is 402 g/mol. The number of nitrogens with one attached hydrogen (secondary N) is 1. The number of anilines is 1.